The van der Waals surface area contributed by atoms with Crippen molar-refractivity contribution in [2.75, 3.05) is 13.1 Å². The van der Waals surface area contributed by atoms with Crippen molar-refractivity contribution in [3.63, 3.8) is 0 Å². The molecule has 0 bridgehead atoms. The number of nitrogens with one attached hydrogen (secondary N) is 1. The third-order valence-electron chi connectivity index (χ3n) is 4.14. The molecule has 106 valence electrons. The van der Waals surface area contributed by atoms with E-state index in [1.807, 2.05) is 0 Å². The maximum atomic E-state index is 3.68. The third kappa shape index (κ3) is 3.30. The number of hydrogen-bond donors (Lipinski definition) is 1. The Kier molecular flexibility index (Phi) is 4.19. The van der Waals surface area contributed by atoms with Crippen LogP contribution in [0.3, 0.4) is 0 Å². The van der Waals surface area contributed by atoms with E-state index in [0.717, 1.165) is 19.6 Å². The normalized spacial score (nSPS) is 19.6. The molecule has 2 heterocycles. The lowest BCUT2D eigenvalue weighted by molar-refractivity contribution is 0.319. The average molecular weight is 269 g/mol. The fourth-order valence-corrected chi connectivity index (χ4v) is 2.91. The van der Waals surface area contributed by atoms with Crippen LogP contribution >= 0.6 is 0 Å². The van der Waals surface area contributed by atoms with E-state index in [0.29, 0.717) is 6.04 Å². The molecule has 1 N–H and O–H groups in total. The molecule has 1 aromatic carbocycles. The van der Waals surface area contributed by atoms with Crippen molar-refractivity contribution in [3.05, 3.63) is 59.9 Å². The van der Waals surface area contributed by atoms with E-state index < -0.39 is 0 Å². The summed E-state index contributed by atoms with van der Waals surface area (Å²) in [6.45, 7) is 4.38. The van der Waals surface area contributed by atoms with Crippen molar-refractivity contribution in [1.82, 2.24) is 14.8 Å². The second kappa shape index (κ2) is 6.25. The van der Waals surface area contributed by atoms with Gasteiger partial charge in [-0.05, 0) is 24.1 Å². The molecule has 0 aliphatic carbocycles. The van der Waals surface area contributed by atoms with Crippen LogP contribution in [0, 0.1) is 0 Å². The van der Waals surface area contributed by atoms with Gasteiger partial charge in [0, 0.05) is 51.2 Å². The van der Waals surface area contributed by atoms with Gasteiger partial charge in [0.2, 0.25) is 0 Å². The number of nitrogens with zero attached hydrogens (tertiary/aromatic N) is 2. The maximum Gasteiger partial charge on any atom is 0.0362 e. The molecule has 3 nitrogen and oxygen atoms in total. The van der Waals surface area contributed by atoms with E-state index in [9.17, 15) is 0 Å². The van der Waals surface area contributed by atoms with E-state index >= 15 is 0 Å². The fraction of sp³-hybridized carbons (Fsp3) is 0.412. The minimum absolute atomic E-state index is 0.619. The van der Waals surface area contributed by atoms with Crippen LogP contribution < -0.4 is 5.32 Å². The van der Waals surface area contributed by atoms with Crippen molar-refractivity contribution < 1.29 is 0 Å². The minimum atomic E-state index is 0.619. The van der Waals surface area contributed by atoms with Crippen LogP contribution in [0.15, 0.2) is 48.7 Å². The van der Waals surface area contributed by atoms with Crippen molar-refractivity contribution in [1.29, 1.82) is 0 Å². The summed E-state index contributed by atoms with van der Waals surface area (Å²) in [5.41, 5.74) is 2.77. The third-order valence-corrected chi connectivity index (χ3v) is 4.14. The van der Waals surface area contributed by atoms with Crippen molar-refractivity contribution in [3.8, 4) is 0 Å². The van der Waals surface area contributed by atoms with Gasteiger partial charge in [0.05, 0.1) is 0 Å². The van der Waals surface area contributed by atoms with E-state index in [1.54, 1.807) is 0 Å². The van der Waals surface area contributed by atoms with Crippen LogP contribution in [0.25, 0.3) is 0 Å². The molecule has 1 aliphatic rings. The van der Waals surface area contributed by atoms with Crippen LogP contribution in [-0.4, -0.2) is 28.6 Å². The summed E-state index contributed by atoms with van der Waals surface area (Å²) in [4.78, 5) is 2.54. The highest BCUT2D eigenvalue weighted by atomic mass is 15.2. The van der Waals surface area contributed by atoms with Crippen LogP contribution in [0.4, 0.5) is 0 Å². The number of benzene rings is 1. The molecule has 0 radical (unpaired) electrons. The zero-order valence-electron chi connectivity index (χ0n) is 12.1. The first-order valence-corrected chi connectivity index (χ1v) is 7.41. The summed E-state index contributed by atoms with van der Waals surface area (Å²) in [5, 5.41) is 3.68. The Morgan fingerprint density at radius 3 is 2.75 bits per heavy atom. The molecule has 1 saturated heterocycles. The molecular weight excluding hydrogens is 246 g/mol. The summed E-state index contributed by atoms with van der Waals surface area (Å²) in [6.07, 6.45) is 3.35. The lowest BCUT2D eigenvalue weighted by Crippen LogP contribution is -2.32. The Balaban J connectivity index is 1.46. The van der Waals surface area contributed by atoms with Gasteiger partial charge in [-0.1, -0.05) is 30.3 Å². The first-order chi connectivity index (χ1) is 9.81. The number of hydrogen-bond acceptors (Lipinski definition) is 2. The predicted octanol–water partition coefficient (Wildman–Crippen LogP) is 2.39. The van der Waals surface area contributed by atoms with Gasteiger partial charge in [-0.3, -0.25) is 4.90 Å². The second-order valence-electron chi connectivity index (χ2n) is 5.70. The first-order valence-electron chi connectivity index (χ1n) is 7.41. The number of aryl methyl sites for hydroxylation is 1. The van der Waals surface area contributed by atoms with Crippen LogP contribution in [0.2, 0.25) is 0 Å². The fourth-order valence-electron chi connectivity index (χ4n) is 2.91. The van der Waals surface area contributed by atoms with Gasteiger partial charge in [0.15, 0.2) is 0 Å². The average Bonchev–Trinajstić information content (AvgIpc) is 3.07. The predicted molar refractivity (Wildman–Crippen MR) is 82.4 cm³/mol. The number of likely N-dealkylation sites (tertiary alicyclic amines) is 1. The van der Waals surface area contributed by atoms with Gasteiger partial charge in [-0.2, -0.15) is 0 Å². The summed E-state index contributed by atoms with van der Waals surface area (Å²) in [6, 6.07) is 15.7. The van der Waals surface area contributed by atoms with Gasteiger partial charge in [-0.15, -0.1) is 0 Å². The number of rotatable bonds is 5. The van der Waals surface area contributed by atoms with Crippen LogP contribution in [0.5, 0.6) is 0 Å². The van der Waals surface area contributed by atoms with Crippen molar-refractivity contribution >= 4 is 0 Å². The summed E-state index contributed by atoms with van der Waals surface area (Å²) >= 11 is 0. The quantitative estimate of drug-likeness (QED) is 0.899. The molecule has 20 heavy (non-hydrogen) atoms. The largest absolute Gasteiger partial charge is 0.353 e. The van der Waals surface area contributed by atoms with Gasteiger partial charge < -0.3 is 9.88 Å². The Morgan fingerprint density at radius 2 is 2.00 bits per heavy atom. The van der Waals surface area contributed by atoms with Gasteiger partial charge in [0.1, 0.15) is 0 Å². The smallest absolute Gasteiger partial charge is 0.0362 e. The van der Waals surface area contributed by atoms with Gasteiger partial charge in [-0.25, -0.2) is 0 Å². The van der Waals surface area contributed by atoms with Crippen molar-refractivity contribution in [2.24, 2.45) is 7.05 Å². The van der Waals surface area contributed by atoms with Crippen LogP contribution in [-0.2, 0) is 20.1 Å². The summed E-state index contributed by atoms with van der Waals surface area (Å²) in [5.74, 6) is 0. The van der Waals surface area contributed by atoms with E-state index in [1.165, 1.54) is 24.2 Å². The minimum Gasteiger partial charge on any atom is -0.353 e. The Morgan fingerprint density at radius 1 is 1.15 bits per heavy atom. The second-order valence-corrected chi connectivity index (χ2v) is 5.70. The molecule has 0 saturated carbocycles. The molecule has 1 atom stereocenters. The SMILES string of the molecule is Cn1cccc1CNC1CCN(Cc2ccccc2)C1. The molecule has 3 rings (SSSR count). The molecule has 1 aliphatic heterocycles. The highest BCUT2D eigenvalue weighted by molar-refractivity contribution is 5.14. The molecule has 2 aromatic rings. The molecule has 1 aromatic heterocycles. The molecular formula is C17H23N3. The summed E-state index contributed by atoms with van der Waals surface area (Å²) in [7, 11) is 2.10. The van der Waals surface area contributed by atoms with Crippen molar-refractivity contribution in [2.45, 2.75) is 25.6 Å². The molecule has 1 fully saturated rings. The van der Waals surface area contributed by atoms with E-state index in [2.05, 4.69) is 70.5 Å². The molecule has 0 amide bonds. The summed E-state index contributed by atoms with van der Waals surface area (Å²) < 4.78 is 2.18. The number of aromatic nitrogens is 1. The Hall–Kier alpha value is -1.58. The van der Waals surface area contributed by atoms with E-state index in [-0.39, 0.29) is 0 Å². The Bertz CT molecular complexity index is 532. The first kappa shape index (κ1) is 13.4. The van der Waals surface area contributed by atoms with Gasteiger partial charge >= 0.3 is 0 Å². The Labute approximate surface area is 121 Å². The monoisotopic (exact) mass is 269 g/mol. The zero-order chi connectivity index (χ0) is 13.8. The van der Waals surface area contributed by atoms with Gasteiger partial charge in [0.25, 0.3) is 0 Å². The highest BCUT2D eigenvalue weighted by Gasteiger charge is 2.21. The lowest BCUT2D eigenvalue weighted by atomic mass is 10.2. The topological polar surface area (TPSA) is 20.2 Å². The highest BCUT2D eigenvalue weighted by Crippen LogP contribution is 2.14. The molecule has 0 spiro atoms. The molecule has 3 heteroatoms. The molecule has 1 unspecified atom stereocenters. The van der Waals surface area contributed by atoms with E-state index in [4.69, 9.17) is 0 Å². The zero-order valence-corrected chi connectivity index (χ0v) is 12.1. The van der Waals surface area contributed by atoms with Crippen LogP contribution in [0.1, 0.15) is 17.7 Å². The maximum absolute atomic E-state index is 3.68. The lowest BCUT2D eigenvalue weighted by Gasteiger charge is -2.17. The standard InChI is InChI=1S/C17H23N3/c1-19-10-5-8-17(19)12-18-16-9-11-20(14-16)13-15-6-3-2-4-7-15/h2-8,10,16,18H,9,11-14H2,1H3.